The smallest absolute Gasteiger partial charge is 0.127 e. The number of rotatable bonds is 2. The molecule has 0 radical (unpaired) electrons. The normalized spacial score (nSPS) is 17.3. The highest BCUT2D eigenvalue weighted by Gasteiger charge is 2.18. The summed E-state index contributed by atoms with van der Waals surface area (Å²) in [6.45, 7) is 0. The minimum absolute atomic E-state index is 0.394. The van der Waals surface area contributed by atoms with Crippen LogP contribution in [0.1, 0.15) is 16.4 Å². The Balaban J connectivity index is 1.96. The van der Waals surface area contributed by atoms with Gasteiger partial charge in [-0.1, -0.05) is 48.6 Å². The monoisotopic (exact) mass is 254 g/mol. The van der Waals surface area contributed by atoms with E-state index in [1.807, 2.05) is 23.9 Å². The second kappa shape index (κ2) is 4.91. The predicted molar refractivity (Wildman–Crippen MR) is 77.1 cm³/mol. The molecule has 2 aromatic carbocycles. The Labute approximate surface area is 111 Å². The molecule has 0 aromatic heterocycles. The Hall–Kier alpha value is -1.67. The second-order valence-corrected chi connectivity index (χ2v) is 5.36. The fourth-order valence-corrected chi connectivity index (χ4v) is 3.33. The lowest BCUT2D eigenvalue weighted by Gasteiger charge is -2.20. The molecule has 2 aromatic rings. The molecule has 0 N–H and O–H groups in total. The van der Waals surface area contributed by atoms with E-state index in [1.165, 1.54) is 16.0 Å². The molecular formula is C16H14OS. The summed E-state index contributed by atoms with van der Waals surface area (Å²) in [5, 5.41) is 0.394. The first kappa shape index (κ1) is 11.4. The van der Waals surface area contributed by atoms with Crippen molar-refractivity contribution in [3.05, 3.63) is 65.7 Å². The van der Waals surface area contributed by atoms with Gasteiger partial charge in [-0.25, -0.2) is 0 Å². The van der Waals surface area contributed by atoms with Crippen LogP contribution >= 0.6 is 11.8 Å². The maximum Gasteiger partial charge on any atom is 0.127 e. The highest BCUT2D eigenvalue weighted by molar-refractivity contribution is 7.99. The van der Waals surface area contributed by atoms with E-state index in [9.17, 15) is 0 Å². The molecule has 0 aliphatic carbocycles. The van der Waals surface area contributed by atoms with Crippen molar-refractivity contribution in [3.8, 4) is 5.75 Å². The first-order chi connectivity index (χ1) is 8.88. The lowest BCUT2D eigenvalue weighted by molar-refractivity contribution is 0.412. The third-order valence-electron chi connectivity index (χ3n) is 3.07. The predicted octanol–water partition coefficient (Wildman–Crippen LogP) is 4.56. The van der Waals surface area contributed by atoms with Gasteiger partial charge in [-0.15, -0.1) is 11.8 Å². The van der Waals surface area contributed by atoms with Crippen molar-refractivity contribution in [3.63, 3.8) is 0 Å². The summed E-state index contributed by atoms with van der Waals surface area (Å²) >= 11 is 1.87. The molecule has 0 amide bonds. The number of benzene rings is 2. The van der Waals surface area contributed by atoms with Gasteiger partial charge in [-0.3, -0.25) is 0 Å². The quantitative estimate of drug-likeness (QED) is 0.777. The zero-order valence-electron chi connectivity index (χ0n) is 10.2. The van der Waals surface area contributed by atoms with Crippen LogP contribution in [0.5, 0.6) is 5.75 Å². The molecule has 1 aliphatic heterocycles. The van der Waals surface area contributed by atoms with Gasteiger partial charge in [-0.05, 0) is 17.7 Å². The van der Waals surface area contributed by atoms with Crippen LogP contribution in [0.2, 0.25) is 0 Å². The van der Waals surface area contributed by atoms with Crippen molar-refractivity contribution in [2.75, 3.05) is 7.11 Å². The number of ether oxygens (including phenoxy) is 1. The molecule has 2 heteroatoms. The van der Waals surface area contributed by atoms with E-state index in [0.717, 1.165) is 5.75 Å². The van der Waals surface area contributed by atoms with E-state index in [4.69, 9.17) is 4.74 Å². The Morgan fingerprint density at radius 3 is 2.61 bits per heavy atom. The molecule has 0 saturated carbocycles. The maximum absolute atomic E-state index is 5.39. The molecule has 1 aliphatic rings. The average molecular weight is 254 g/mol. The molecule has 1 nitrogen and oxygen atoms in total. The molecule has 0 fully saturated rings. The van der Waals surface area contributed by atoms with Crippen LogP contribution in [-0.4, -0.2) is 7.11 Å². The van der Waals surface area contributed by atoms with E-state index >= 15 is 0 Å². The lowest BCUT2D eigenvalue weighted by atomic mass is 10.1. The van der Waals surface area contributed by atoms with E-state index in [1.54, 1.807) is 7.11 Å². The summed E-state index contributed by atoms with van der Waals surface area (Å²) in [5.41, 5.74) is 2.53. The molecular weight excluding hydrogens is 240 g/mol. The van der Waals surface area contributed by atoms with Gasteiger partial charge in [0.2, 0.25) is 0 Å². The van der Waals surface area contributed by atoms with Crippen LogP contribution in [0, 0.1) is 0 Å². The Morgan fingerprint density at radius 2 is 1.83 bits per heavy atom. The molecule has 18 heavy (non-hydrogen) atoms. The number of thioether (sulfide) groups is 1. The van der Waals surface area contributed by atoms with Gasteiger partial charge in [0, 0.05) is 10.5 Å². The lowest BCUT2D eigenvalue weighted by Crippen LogP contribution is -1.97. The molecule has 0 bridgehead atoms. The van der Waals surface area contributed by atoms with Crippen LogP contribution < -0.4 is 4.74 Å². The van der Waals surface area contributed by atoms with E-state index < -0.39 is 0 Å². The van der Waals surface area contributed by atoms with E-state index in [2.05, 4.69) is 48.6 Å². The molecule has 1 atom stereocenters. The van der Waals surface area contributed by atoms with Gasteiger partial charge in [0.1, 0.15) is 5.75 Å². The second-order valence-electron chi connectivity index (χ2n) is 4.18. The first-order valence-corrected chi connectivity index (χ1v) is 6.83. The van der Waals surface area contributed by atoms with Gasteiger partial charge >= 0.3 is 0 Å². The summed E-state index contributed by atoms with van der Waals surface area (Å²) in [7, 11) is 1.72. The van der Waals surface area contributed by atoms with Crippen LogP contribution in [0.3, 0.4) is 0 Å². The van der Waals surface area contributed by atoms with Gasteiger partial charge in [-0.2, -0.15) is 0 Å². The number of fused-ring (bicyclic) bond motifs is 1. The Bertz CT molecular complexity index is 575. The van der Waals surface area contributed by atoms with Gasteiger partial charge < -0.3 is 4.74 Å². The molecule has 1 heterocycles. The zero-order valence-corrected chi connectivity index (χ0v) is 11.0. The topological polar surface area (TPSA) is 9.23 Å². The molecule has 0 saturated heterocycles. The molecule has 3 rings (SSSR count). The highest BCUT2D eigenvalue weighted by atomic mass is 32.2. The van der Waals surface area contributed by atoms with Crippen LogP contribution in [0.15, 0.2) is 59.5 Å². The summed E-state index contributed by atoms with van der Waals surface area (Å²) in [4.78, 5) is 1.28. The van der Waals surface area contributed by atoms with Crippen molar-refractivity contribution < 1.29 is 4.74 Å². The number of hydrogen-bond acceptors (Lipinski definition) is 2. The van der Waals surface area contributed by atoms with E-state index in [0.29, 0.717) is 5.25 Å². The van der Waals surface area contributed by atoms with Gasteiger partial charge in [0.15, 0.2) is 0 Å². The summed E-state index contributed by atoms with van der Waals surface area (Å²) in [6.07, 6.45) is 4.41. The van der Waals surface area contributed by atoms with Crippen LogP contribution in [-0.2, 0) is 0 Å². The Morgan fingerprint density at radius 1 is 1.00 bits per heavy atom. The van der Waals surface area contributed by atoms with Crippen LogP contribution in [0.4, 0.5) is 0 Å². The Kier molecular flexibility index (Phi) is 3.11. The average Bonchev–Trinajstić information content (AvgIpc) is 2.47. The van der Waals surface area contributed by atoms with E-state index in [-0.39, 0.29) is 0 Å². The molecule has 0 spiro atoms. The number of hydrogen-bond donors (Lipinski definition) is 0. The minimum Gasteiger partial charge on any atom is -0.496 e. The molecule has 90 valence electrons. The third kappa shape index (κ3) is 2.04. The fourth-order valence-electron chi connectivity index (χ4n) is 2.15. The standard InChI is InChI=1S/C16H14OS/c1-17-14-8-5-9-16-13(14)10-11-15(18-16)12-6-3-2-4-7-12/h2-11,15H,1H3. The summed E-state index contributed by atoms with van der Waals surface area (Å²) < 4.78 is 5.39. The zero-order chi connectivity index (χ0) is 12.4. The van der Waals surface area contributed by atoms with Crippen LogP contribution in [0.25, 0.3) is 6.08 Å². The van der Waals surface area contributed by atoms with Gasteiger partial charge in [0.25, 0.3) is 0 Å². The summed E-state index contributed by atoms with van der Waals surface area (Å²) in [6, 6.07) is 16.8. The summed E-state index contributed by atoms with van der Waals surface area (Å²) in [5.74, 6) is 0.947. The van der Waals surface area contributed by atoms with Gasteiger partial charge in [0.05, 0.1) is 12.4 Å². The van der Waals surface area contributed by atoms with Crippen molar-refractivity contribution in [1.29, 1.82) is 0 Å². The first-order valence-electron chi connectivity index (χ1n) is 5.95. The molecule has 1 unspecified atom stereocenters. The van der Waals surface area contributed by atoms with Crippen molar-refractivity contribution in [2.45, 2.75) is 10.1 Å². The minimum atomic E-state index is 0.394. The number of methoxy groups -OCH3 is 1. The van der Waals surface area contributed by atoms with Crippen molar-refractivity contribution >= 4 is 17.8 Å². The SMILES string of the molecule is COc1cccc2c1C=CC(c1ccccc1)S2. The maximum atomic E-state index is 5.39. The van der Waals surface area contributed by atoms with Crippen molar-refractivity contribution in [2.24, 2.45) is 0 Å². The fraction of sp³-hybridized carbons (Fsp3) is 0.125. The third-order valence-corrected chi connectivity index (χ3v) is 4.36. The largest absolute Gasteiger partial charge is 0.496 e. The highest BCUT2D eigenvalue weighted by Crippen LogP contribution is 2.44. The van der Waals surface area contributed by atoms with Crippen molar-refractivity contribution in [1.82, 2.24) is 0 Å².